The monoisotopic (exact) mass is 347 g/mol. The van der Waals surface area contributed by atoms with Crippen LogP contribution in [-0.4, -0.2) is 29.9 Å². The fourth-order valence-electron chi connectivity index (χ4n) is 1.95. The minimum absolute atomic E-state index is 0.0471. The summed E-state index contributed by atoms with van der Waals surface area (Å²) < 4.78 is 1.05. The molecule has 1 aromatic heterocycles. The lowest BCUT2D eigenvalue weighted by atomic mass is 10.1. The summed E-state index contributed by atoms with van der Waals surface area (Å²) in [5.41, 5.74) is 1.75. The lowest BCUT2D eigenvalue weighted by molar-refractivity contribution is 0.0827. The van der Waals surface area contributed by atoms with Crippen LogP contribution in [0.2, 0.25) is 0 Å². The van der Waals surface area contributed by atoms with Crippen LogP contribution in [-0.2, 0) is 0 Å². The molecule has 0 aliphatic heterocycles. The number of carbonyl (C=O) groups excluding carboxylic acids is 1. The van der Waals surface area contributed by atoms with Crippen LogP contribution in [0, 0.1) is 0 Å². The third kappa shape index (κ3) is 4.04. The maximum atomic E-state index is 11.8. The lowest BCUT2D eigenvalue weighted by Gasteiger charge is -2.16. The Morgan fingerprint density at radius 3 is 2.62 bits per heavy atom. The molecule has 1 N–H and O–H groups in total. The van der Waals surface area contributed by atoms with Crippen molar-refractivity contribution in [2.75, 3.05) is 19.4 Å². The summed E-state index contributed by atoms with van der Waals surface area (Å²) in [7, 11) is 3.45. The predicted molar refractivity (Wildman–Crippen MR) is 88.4 cm³/mol. The molecule has 1 atom stereocenters. The summed E-state index contributed by atoms with van der Waals surface area (Å²) in [6.45, 7) is 2.07. The van der Waals surface area contributed by atoms with E-state index in [9.17, 15) is 4.79 Å². The molecule has 5 heteroatoms. The van der Waals surface area contributed by atoms with Crippen molar-refractivity contribution in [3.05, 3.63) is 58.2 Å². The molecule has 21 heavy (non-hydrogen) atoms. The number of halogens is 1. The first kappa shape index (κ1) is 15.5. The van der Waals surface area contributed by atoms with Gasteiger partial charge in [-0.25, -0.2) is 4.98 Å². The van der Waals surface area contributed by atoms with E-state index in [1.807, 2.05) is 18.2 Å². The Kier molecular flexibility index (Phi) is 4.96. The average Bonchev–Trinajstić information content (AvgIpc) is 2.47. The average molecular weight is 348 g/mol. The van der Waals surface area contributed by atoms with Crippen molar-refractivity contribution in [3.63, 3.8) is 0 Å². The molecular weight excluding hydrogens is 330 g/mol. The van der Waals surface area contributed by atoms with Crippen LogP contribution in [0.3, 0.4) is 0 Å². The van der Waals surface area contributed by atoms with Crippen LogP contribution in [0.1, 0.15) is 28.9 Å². The molecule has 0 saturated heterocycles. The Bertz CT molecular complexity index is 626. The second-order valence-electron chi connectivity index (χ2n) is 5.05. The van der Waals surface area contributed by atoms with E-state index in [1.165, 1.54) is 10.5 Å². The van der Waals surface area contributed by atoms with E-state index >= 15 is 0 Å². The van der Waals surface area contributed by atoms with Crippen molar-refractivity contribution in [2.45, 2.75) is 13.0 Å². The highest BCUT2D eigenvalue weighted by atomic mass is 79.9. The highest BCUT2D eigenvalue weighted by Crippen LogP contribution is 2.21. The highest BCUT2D eigenvalue weighted by molar-refractivity contribution is 9.10. The fraction of sp³-hybridized carbons (Fsp3) is 0.250. The van der Waals surface area contributed by atoms with Gasteiger partial charge in [0, 0.05) is 30.8 Å². The van der Waals surface area contributed by atoms with Gasteiger partial charge in [0.25, 0.3) is 5.91 Å². The van der Waals surface area contributed by atoms with Gasteiger partial charge >= 0.3 is 0 Å². The Morgan fingerprint density at radius 2 is 2.05 bits per heavy atom. The second-order valence-corrected chi connectivity index (χ2v) is 5.97. The van der Waals surface area contributed by atoms with Gasteiger partial charge in [-0.05, 0) is 36.8 Å². The van der Waals surface area contributed by atoms with Crippen molar-refractivity contribution >= 4 is 27.7 Å². The Morgan fingerprint density at radius 1 is 1.29 bits per heavy atom. The minimum atomic E-state index is -0.0471. The van der Waals surface area contributed by atoms with Crippen molar-refractivity contribution in [2.24, 2.45) is 0 Å². The number of pyridine rings is 1. The van der Waals surface area contributed by atoms with E-state index in [2.05, 4.69) is 45.3 Å². The largest absolute Gasteiger partial charge is 0.364 e. The smallest absolute Gasteiger partial charge is 0.254 e. The molecule has 1 aromatic carbocycles. The van der Waals surface area contributed by atoms with Gasteiger partial charge in [-0.1, -0.05) is 28.1 Å². The number of nitrogens with zero attached hydrogens (tertiary/aromatic N) is 2. The molecule has 0 aliphatic carbocycles. The molecule has 0 spiro atoms. The van der Waals surface area contributed by atoms with E-state index in [1.54, 1.807) is 26.4 Å². The molecule has 0 bridgehead atoms. The summed E-state index contributed by atoms with van der Waals surface area (Å²) in [4.78, 5) is 17.6. The normalized spacial score (nSPS) is 11.8. The van der Waals surface area contributed by atoms with Crippen LogP contribution >= 0.6 is 15.9 Å². The van der Waals surface area contributed by atoms with Crippen LogP contribution in [0.25, 0.3) is 0 Å². The molecule has 2 aromatic rings. The van der Waals surface area contributed by atoms with Gasteiger partial charge in [0.15, 0.2) is 0 Å². The van der Waals surface area contributed by atoms with Crippen LogP contribution < -0.4 is 5.32 Å². The number of amides is 1. The van der Waals surface area contributed by atoms with E-state index in [0.29, 0.717) is 5.56 Å². The van der Waals surface area contributed by atoms with Gasteiger partial charge in [0.1, 0.15) is 5.82 Å². The third-order valence-electron chi connectivity index (χ3n) is 3.13. The number of carbonyl (C=O) groups is 1. The third-order valence-corrected chi connectivity index (χ3v) is 3.62. The molecule has 1 amide bonds. The highest BCUT2D eigenvalue weighted by Gasteiger charge is 2.10. The van der Waals surface area contributed by atoms with Gasteiger partial charge in [-0.15, -0.1) is 0 Å². The van der Waals surface area contributed by atoms with Crippen LogP contribution in [0.5, 0.6) is 0 Å². The number of hydrogen-bond donors (Lipinski definition) is 1. The number of benzene rings is 1. The first-order chi connectivity index (χ1) is 9.97. The summed E-state index contributed by atoms with van der Waals surface area (Å²) in [6.07, 6.45) is 1.60. The number of anilines is 1. The fourth-order valence-corrected chi connectivity index (χ4v) is 2.36. The molecule has 2 rings (SSSR count). The molecule has 0 aliphatic rings. The predicted octanol–water partition coefficient (Wildman–Crippen LogP) is 3.72. The Labute approximate surface area is 133 Å². The van der Waals surface area contributed by atoms with Gasteiger partial charge in [0.05, 0.1) is 5.56 Å². The van der Waals surface area contributed by atoms with Crippen LogP contribution in [0.15, 0.2) is 47.1 Å². The van der Waals surface area contributed by atoms with E-state index in [0.717, 1.165) is 10.3 Å². The minimum Gasteiger partial charge on any atom is -0.364 e. The molecule has 0 radical (unpaired) electrons. The van der Waals surface area contributed by atoms with Crippen LogP contribution in [0.4, 0.5) is 5.82 Å². The topological polar surface area (TPSA) is 45.2 Å². The van der Waals surface area contributed by atoms with Crippen molar-refractivity contribution in [3.8, 4) is 0 Å². The summed E-state index contributed by atoms with van der Waals surface area (Å²) >= 11 is 3.47. The van der Waals surface area contributed by atoms with Gasteiger partial charge in [0.2, 0.25) is 0 Å². The molecule has 110 valence electrons. The van der Waals surface area contributed by atoms with E-state index in [-0.39, 0.29) is 11.9 Å². The number of nitrogens with one attached hydrogen (secondary N) is 1. The van der Waals surface area contributed by atoms with E-state index < -0.39 is 0 Å². The molecule has 0 saturated carbocycles. The van der Waals surface area contributed by atoms with Crippen molar-refractivity contribution in [1.29, 1.82) is 0 Å². The van der Waals surface area contributed by atoms with E-state index in [4.69, 9.17) is 0 Å². The number of rotatable bonds is 4. The molecule has 1 unspecified atom stereocenters. The summed E-state index contributed by atoms with van der Waals surface area (Å²) in [6, 6.07) is 11.9. The zero-order chi connectivity index (χ0) is 15.4. The number of hydrogen-bond acceptors (Lipinski definition) is 3. The summed E-state index contributed by atoms with van der Waals surface area (Å²) in [5, 5.41) is 3.32. The standard InChI is InChI=1S/C16H18BrN3O/c1-11(12-5-4-6-14(17)9-12)19-15-8-7-13(10-18-15)16(21)20(2)3/h4-11H,1-3H3,(H,18,19). The maximum Gasteiger partial charge on any atom is 0.254 e. The molecule has 0 fully saturated rings. The lowest BCUT2D eigenvalue weighted by Crippen LogP contribution is -2.21. The van der Waals surface area contributed by atoms with Gasteiger partial charge < -0.3 is 10.2 Å². The zero-order valence-corrected chi connectivity index (χ0v) is 13.9. The zero-order valence-electron chi connectivity index (χ0n) is 12.3. The summed E-state index contributed by atoms with van der Waals surface area (Å²) in [5.74, 6) is 0.701. The Hall–Kier alpha value is -1.88. The first-order valence-corrected chi connectivity index (χ1v) is 7.46. The maximum absolute atomic E-state index is 11.8. The Balaban J connectivity index is 2.08. The van der Waals surface area contributed by atoms with Gasteiger partial charge in [-0.3, -0.25) is 4.79 Å². The first-order valence-electron chi connectivity index (χ1n) is 6.67. The SMILES string of the molecule is CC(Nc1ccc(C(=O)N(C)C)cn1)c1cccc(Br)c1. The van der Waals surface area contributed by atoms with Crippen molar-refractivity contribution in [1.82, 2.24) is 9.88 Å². The number of aromatic nitrogens is 1. The molecule has 1 heterocycles. The molecular formula is C16H18BrN3O. The molecule has 4 nitrogen and oxygen atoms in total. The van der Waals surface area contributed by atoms with Crippen molar-refractivity contribution < 1.29 is 4.79 Å². The quantitative estimate of drug-likeness (QED) is 0.916. The second kappa shape index (κ2) is 6.72. The van der Waals surface area contributed by atoms with Gasteiger partial charge in [-0.2, -0.15) is 0 Å².